The molecule has 1 aromatic heterocycles. The van der Waals surface area contributed by atoms with E-state index in [4.69, 9.17) is 0 Å². The molecule has 1 saturated heterocycles. The molecule has 0 bridgehead atoms. The maximum absolute atomic E-state index is 13.8. The molecule has 3 aliphatic rings. The molecule has 0 aromatic carbocycles. The number of pyridine rings is 1. The molecular formula is C25H30F3N5O3. The van der Waals surface area contributed by atoms with E-state index in [0.29, 0.717) is 12.0 Å². The van der Waals surface area contributed by atoms with Gasteiger partial charge in [0.05, 0.1) is 6.07 Å². The molecule has 5 atom stereocenters. The third-order valence-corrected chi connectivity index (χ3v) is 8.79. The van der Waals surface area contributed by atoms with Gasteiger partial charge in [-0.2, -0.15) is 18.4 Å². The summed E-state index contributed by atoms with van der Waals surface area (Å²) in [5, 5.41) is 14.5. The summed E-state index contributed by atoms with van der Waals surface area (Å²) in [7, 11) is 0. The Kier molecular flexibility index (Phi) is 5.35. The van der Waals surface area contributed by atoms with Crippen molar-refractivity contribution in [3.05, 3.63) is 30.1 Å². The van der Waals surface area contributed by atoms with Gasteiger partial charge in [-0.15, -0.1) is 0 Å². The third kappa shape index (κ3) is 3.33. The molecule has 3 amide bonds. The van der Waals surface area contributed by atoms with Crippen LogP contribution in [0.15, 0.2) is 24.5 Å². The summed E-state index contributed by atoms with van der Waals surface area (Å²) in [4.78, 5) is 44.5. The Labute approximate surface area is 207 Å². The van der Waals surface area contributed by atoms with Gasteiger partial charge < -0.3 is 15.5 Å². The van der Waals surface area contributed by atoms with Crippen LogP contribution in [0.1, 0.15) is 53.5 Å². The minimum absolute atomic E-state index is 0.196. The fraction of sp³-hybridized carbons (Fsp3) is 0.640. The van der Waals surface area contributed by atoms with Gasteiger partial charge in [0.25, 0.3) is 0 Å². The van der Waals surface area contributed by atoms with Crippen molar-refractivity contribution in [3.8, 4) is 6.07 Å². The van der Waals surface area contributed by atoms with Crippen molar-refractivity contribution in [2.24, 2.45) is 21.7 Å². The Hall–Kier alpha value is -3.16. The summed E-state index contributed by atoms with van der Waals surface area (Å²) >= 11 is 0. The zero-order chi connectivity index (χ0) is 27.1. The Morgan fingerprint density at radius 3 is 2.33 bits per heavy atom. The summed E-state index contributed by atoms with van der Waals surface area (Å²) in [6.45, 7) is 10.4. The number of amides is 3. The number of hydrogen-bond donors (Lipinski definition) is 2. The second-order valence-electron chi connectivity index (χ2n) is 12.0. The molecule has 0 spiro atoms. The molecule has 4 rings (SSSR count). The van der Waals surface area contributed by atoms with E-state index in [0.717, 1.165) is 0 Å². The molecule has 1 aliphatic heterocycles. The summed E-state index contributed by atoms with van der Waals surface area (Å²) in [5.41, 5.74) is -3.13. The van der Waals surface area contributed by atoms with Crippen LogP contribution in [0.4, 0.5) is 13.2 Å². The minimum atomic E-state index is -5.16. The number of rotatable bonds is 5. The molecular weight excluding hydrogens is 475 g/mol. The van der Waals surface area contributed by atoms with Crippen LogP contribution in [-0.2, 0) is 19.9 Å². The lowest BCUT2D eigenvalue weighted by Crippen LogP contribution is -2.63. The first-order valence-corrected chi connectivity index (χ1v) is 11.7. The van der Waals surface area contributed by atoms with E-state index in [1.807, 2.05) is 19.2 Å². The van der Waals surface area contributed by atoms with Crippen LogP contribution in [-0.4, -0.2) is 52.4 Å². The number of aromatic nitrogens is 1. The van der Waals surface area contributed by atoms with Crippen LogP contribution >= 0.6 is 0 Å². The molecule has 194 valence electrons. The number of piperidine rings is 2. The van der Waals surface area contributed by atoms with Gasteiger partial charge in [0.1, 0.15) is 12.1 Å². The highest BCUT2D eigenvalue weighted by Gasteiger charge is 3.02. The number of carbonyl (C=O) groups is 3. The predicted molar refractivity (Wildman–Crippen MR) is 122 cm³/mol. The van der Waals surface area contributed by atoms with Crippen molar-refractivity contribution in [2.75, 3.05) is 6.54 Å². The van der Waals surface area contributed by atoms with Crippen LogP contribution in [0.3, 0.4) is 0 Å². The van der Waals surface area contributed by atoms with Gasteiger partial charge in [-0.25, -0.2) is 0 Å². The largest absolute Gasteiger partial charge is 0.471 e. The molecule has 0 radical (unpaired) electrons. The Bertz CT molecular complexity index is 1170. The number of nitriles is 1. The summed E-state index contributed by atoms with van der Waals surface area (Å²) in [6.07, 6.45) is -1.45. The van der Waals surface area contributed by atoms with Gasteiger partial charge in [0.15, 0.2) is 5.54 Å². The zero-order valence-corrected chi connectivity index (χ0v) is 21.1. The van der Waals surface area contributed by atoms with E-state index < -0.39 is 52.4 Å². The number of hydrogen-bond acceptors (Lipinski definition) is 5. The van der Waals surface area contributed by atoms with Crippen LogP contribution in [0.25, 0.3) is 0 Å². The first kappa shape index (κ1) is 25.9. The highest BCUT2D eigenvalue weighted by Crippen LogP contribution is 3.00. The monoisotopic (exact) mass is 505 g/mol. The molecule has 3 fully saturated rings. The Balaban J connectivity index is 1.67. The fourth-order valence-corrected chi connectivity index (χ4v) is 6.44. The first-order chi connectivity index (χ1) is 16.4. The molecule has 36 heavy (non-hydrogen) atoms. The van der Waals surface area contributed by atoms with Crippen LogP contribution < -0.4 is 10.6 Å². The van der Waals surface area contributed by atoms with Crippen molar-refractivity contribution in [3.63, 3.8) is 0 Å². The van der Waals surface area contributed by atoms with Crippen LogP contribution in [0, 0.1) is 33.0 Å². The first-order valence-electron chi connectivity index (χ1n) is 11.7. The smallest absolute Gasteiger partial charge is 0.336 e. The highest BCUT2D eigenvalue weighted by atomic mass is 19.4. The lowest BCUT2D eigenvalue weighted by molar-refractivity contribution is -0.176. The van der Waals surface area contributed by atoms with Crippen molar-refractivity contribution < 1.29 is 27.6 Å². The van der Waals surface area contributed by atoms with Crippen molar-refractivity contribution in [2.45, 2.75) is 71.8 Å². The number of halogens is 3. The molecule has 3 unspecified atom stereocenters. The number of likely N-dealkylation sites (tertiary alicyclic amines) is 1. The average Bonchev–Trinajstić information content (AvgIpc) is 3.50. The van der Waals surface area contributed by atoms with Crippen LogP contribution in [0.5, 0.6) is 0 Å². The summed E-state index contributed by atoms with van der Waals surface area (Å²) < 4.78 is 39.1. The van der Waals surface area contributed by atoms with E-state index in [1.165, 1.54) is 24.2 Å². The van der Waals surface area contributed by atoms with Crippen LogP contribution in [0.2, 0.25) is 0 Å². The number of nitrogens with one attached hydrogen (secondary N) is 2. The van der Waals surface area contributed by atoms with E-state index in [9.17, 15) is 32.8 Å². The van der Waals surface area contributed by atoms with E-state index >= 15 is 0 Å². The Morgan fingerprint density at radius 1 is 1.22 bits per heavy atom. The standard InChI is InChI=1S/C25H30F3N5O3/c1-20(2,3)15(31-19(36)25(26,27)28)18(35)33-13-23-11-24(23,21(23,4)5)16(33)17(34)32-22(6,12-29)14-8-7-9-30-10-14/h7-10,15-16H,11,13H2,1-6H3,(H,31,36)(H,32,34)/t15-,16-,22?,23?,24?/m1/s1. The van der Waals surface area contributed by atoms with Gasteiger partial charge in [0.2, 0.25) is 11.8 Å². The number of nitrogens with zero attached hydrogens (tertiary/aromatic N) is 3. The fourth-order valence-electron chi connectivity index (χ4n) is 6.44. The summed E-state index contributed by atoms with van der Waals surface area (Å²) in [6, 6.07) is 2.89. The number of carbonyl (C=O) groups excluding carboxylic acids is 3. The van der Waals surface area contributed by atoms with Gasteiger partial charge in [-0.3, -0.25) is 19.4 Å². The topological polar surface area (TPSA) is 115 Å². The molecule has 2 aliphatic carbocycles. The maximum atomic E-state index is 13.8. The lowest BCUT2D eigenvalue weighted by atomic mass is 9.79. The van der Waals surface area contributed by atoms with Crippen molar-refractivity contribution >= 4 is 17.7 Å². The second-order valence-corrected chi connectivity index (χ2v) is 12.0. The summed E-state index contributed by atoms with van der Waals surface area (Å²) in [5.74, 6) is -3.52. The molecule has 2 saturated carbocycles. The maximum Gasteiger partial charge on any atom is 0.471 e. The number of alkyl halides is 3. The molecule has 2 N–H and O–H groups in total. The zero-order valence-electron chi connectivity index (χ0n) is 21.1. The normalized spacial score (nSPS) is 30.1. The average molecular weight is 506 g/mol. The highest BCUT2D eigenvalue weighted by molar-refractivity contribution is 5.97. The minimum Gasteiger partial charge on any atom is -0.336 e. The second kappa shape index (κ2) is 7.43. The van der Waals surface area contributed by atoms with Gasteiger partial charge >= 0.3 is 12.1 Å². The van der Waals surface area contributed by atoms with E-state index in [2.05, 4.69) is 16.4 Å². The molecule has 1 aromatic rings. The van der Waals surface area contributed by atoms with Gasteiger partial charge in [-0.1, -0.05) is 40.7 Å². The van der Waals surface area contributed by atoms with Gasteiger partial charge in [-0.05, 0) is 30.2 Å². The molecule has 8 nitrogen and oxygen atoms in total. The quantitative estimate of drug-likeness (QED) is 0.639. The predicted octanol–water partition coefficient (Wildman–Crippen LogP) is 2.66. The SMILES string of the molecule is CC(C#N)(NC(=O)[C@H]1N(C(=O)[C@@H](NC(=O)C(F)(F)F)C(C)(C)C)CC23CC12C3(C)C)c1cccnc1. The molecule has 2 heterocycles. The van der Waals surface area contributed by atoms with E-state index in [1.54, 1.807) is 32.9 Å². The van der Waals surface area contributed by atoms with E-state index in [-0.39, 0.29) is 17.4 Å². The van der Waals surface area contributed by atoms with Gasteiger partial charge in [0, 0.05) is 35.3 Å². The lowest BCUT2D eigenvalue weighted by Gasteiger charge is -2.43. The Morgan fingerprint density at radius 2 is 1.86 bits per heavy atom. The third-order valence-electron chi connectivity index (χ3n) is 8.79. The van der Waals surface area contributed by atoms with Crippen molar-refractivity contribution in [1.82, 2.24) is 20.5 Å². The van der Waals surface area contributed by atoms with Crippen molar-refractivity contribution in [1.29, 1.82) is 5.26 Å². The molecule has 11 heteroatoms.